The number of rotatable bonds is 8. The zero-order valence-corrected chi connectivity index (χ0v) is 18.7. The van der Waals surface area contributed by atoms with E-state index >= 15 is 0 Å². The van der Waals surface area contributed by atoms with Crippen molar-refractivity contribution >= 4 is 11.8 Å². The standard InChI is InChI=1S/C24H28N6O3/c1-33-20-7-4-18(5-8-20)15-24(32)29-12-10-21-27-28-22(30(21)14-13-29)17-26-23(31)9-6-19-3-2-11-25-16-19/h2-5,7-8,11,16H,6,9-10,12-15,17H2,1H3,(H,26,31). The number of carbonyl (C=O) groups is 2. The number of ether oxygens (including phenoxy) is 1. The number of pyridine rings is 1. The molecule has 0 aliphatic carbocycles. The van der Waals surface area contributed by atoms with Gasteiger partial charge in [0.15, 0.2) is 5.82 Å². The molecule has 2 aromatic heterocycles. The van der Waals surface area contributed by atoms with Crippen LogP contribution in [0.2, 0.25) is 0 Å². The maximum Gasteiger partial charge on any atom is 0.227 e. The largest absolute Gasteiger partial charge is 0.497 e. The smallest absolute Gasteiger partial charge is 0.227 e. The molecular weight excluding hydrogens is 420 g/mol. The summed E-state index contributed by atoms with van der Waals surface area (Å²) < 4.78 is 7.19. The molecule has 2 amide bonds. The average molecular weight is 449 g/mol. The SMILES string of the molecule is COc1ccc(CC(=O)N2CCc3nnc(CNC(=O)CCc4cccnc4)n3CC2)cc1. The van der Waals surface area contributed by atoms with Crippen molar-refractivity contribution in [2.24, 2.45) is 0 Å². The number of hydrogen-bond donors (Lipinski definition) is 1. The summed E-state index contributed by atoms with van der Waals surface area (Å²) in [5, 5.41) is 11.5. The molecule has 172 valence electrons. The van der Waals surface area contributed by atoms with Gasteiger partial charge in [0.25, 0.3) is 0 Å². The monoisotopic (exact) mass is 448 g/mol. The second-order valence-corrected chi connectivity index (χ2v) is 7.98. The highest BCUT2D eigenvalue weighted by Gasteiger charge is 2.22. The molecule has 1 aliphatic heterocycles. The van der Waals surface area contributed by atoms with Gasteiger partial charge >= 0.3 is 0 Å². The summed E-state index contributed by atoms with van der Waals surface area (Å²) in [7, 11) is 1.62. The number of benzene rings is 1. The molecule has 1 aliphatic rings. The Morgan fingerprint density at radius 1 is 1.06 bits per heavy atom. The number of nitrogens with one attached hydrogen (secondary N) is 1. The van der Waals surface area contributed by atoms with E-state index in [0.717, 1.165) is 22.7 Å². The van der Waals surface area contributed by atoms with Gasteiger partial charge in [-0.05, 0) is 35.7 Å². The van der Waals surface area contributed by atoms with Crippen LogP contribution in [0.25, 0.3) is 0 Å². The molecule has 0 saturated carbocycles. The first-order valence-electron chi connectivity index (χ1n) is 11.1. The molecule has 3 heterocycles. The Hall–Kier alpha value is -3.75. The summed E-state index contributed by atoms with van der Waals surface area (Å²) >= 11 is 0. The maximum atomic E-state index is 12.8. The Labute approximate surface area is 192 Å². The van der Waals surface area contributed by atoms with Crippen LogP contribution in [0.1, 0.15) is 29.2 Å². The van der Waals surface area contributed by atoms with Crippen LogP contribution in [-0.2, 0) is 41.9 Å². The van der Waals surface area contributed by atoms with Crippen molar-refractivity contribution in [2.45, 2.75) is 38.8 Å². The predicted molar refractivity (Wildman–Crippen MR) is 121 cm³/mol. The lowest BCUT2D eigenvalue weighted by molar-refractivity contribution is -0.130. The van der Waals surface area contributed by atoms with Gasteiger partial charge in [0.05, 0.1) is 20.1 Å². The van der Waals surface area contributed by atoms with Crippen LogP contribution < -0.4 is 10.1 Å². The molecule has 1 aromatic carbocycles. The molecule has 0 bridgehead atoms. The molecule has 3 aromatic rings. The van der Waals surface area contributed by atoms with Crippen molar-refractivity contribution in [3.63, 3.8) is 0 Å². The van der Waals surface area contributed by atoms with Crippen LogP contribution in [-0.4, -0.2) is 56.7 Å². The van der Waals surface area contributed by atoms with E-state index in [1.165, 1.54) is 0 Å². The zero-order valence-electron chi connectivity index (χ0n) is 18.7. The summed E-state index contributed by atoms with van der Waals surface area (Å²) in [6, 6.07) is 11.4. The minimum Gasteiger partial charge on any atom is -0.497 e. The lowest BCUT2D eigenvalue weighted by atomic mass is 10.1. The highest BCUT2D eigenvalue weighted by Crippen LogP contribution is 2.14. The third kappa shape index (κ3) is 5.94. The van der Waals surface area contributed by atoms with Crippen molar-refractivity contribution in [3.8, 4) is 5.75 Å². The van der Waals surface area contributed by atoms with E-state index in [4.69, 9.17) is 4.74 Å². The fraction of sp³-hybridized carbons (Fsp3) is 0.375. The number of methoxy groups -OCH3 is 1. The third-order valence-corrected chi connectivity index (χ3v) is 5.78. The van der Waals surface area contributed by atoms with E-state index in [-0.39, 0.29) is 11.8 Å². The number of hydrogen-bond acceptors (Lipinski definition) is 6. The highest BCUT2D eigenvalue weighted by atomic mass is 16.5. The van der Waals surface area contributed by atoms with Gasteiger partial charge in [0.2, 0.25) is 11.8 Å². The fourth-order valence-electron chi connectivity index (χ4n) is 3.86. The van der Waals surface area contributed by atoms with Crippen molar-refractivity contribution in [3.05, 3.63) is 71.6 Å². The van der Waals surface area contributed by atoms with E-state index in [1.807, 2.05) is 45.9 Å². The van der Waals surface area contributed by atoms with Crippen molar-refractivity contribution in [2.75, 3.05) is 20.2 Å². The summed E-state index contributed by atoms with van der Waals surface area (Å²) in [6.45, 7) is 2.11. The van der Waals surface area contributed by atoms with Crippen LogP contribution in [0.4, 0.5) is 0 Å². The summed E-state index contributed by atoms with van der Waals surface area (Å²) in [4.78, 5) is 31.0. The first-order chi connectivity index (χ1) is 16.1. The van der Waals surface area contributed by atoms with Crippen molar-refractivity contribution < 1.29 is 14.3 Å². The topological polar surface area (TPSA) is 102 Å². The van der Waals surface area contributed by atoms with Crippen LogP contribution in [0.5, 0.6) is 5.75 Å². The number of fused-ring (bicyclic) bond motifs is 1. The van der Waals surface area contributed by atoms with Crippen LogP contribution in [0, 0.1) is 0 Å². The van der Waals surface area contributed by atoms with Gasteiger partial charge in [-0.1, -0.05) is 18.2 Å². The molecule has 0 radical (unpaired) electrons. The van der Waals surface area contributed by atoms with Crippen LogP contribution in [0.15, 0.2) is 48.8 Å². The highest BCUT2D eigenvalue weighted by molar-refractivity contribution is 5.79. The fourth-order valence-corrected chi connectivity index (χ4v) is 3.86. The second kappa shape index (κ2) is 10.7. The Bertz CT molecular complexity index is 1080. The first kappa shape index (κ1) is 22.4. The number of amides is 2. The third-order valence-electron chi connectivity index (χ3n) is 5.78. The Morgan fingerprint density at radius 3 is 2.67 bits per heavy atom. The number of aryl methyl sites for hydroxylation is 1. The van der Waals surface area contributed by atoms with Gasteiger partial charge in [-0.3, -0.25) is 14.6 Å². The molecule has 0 spiro atoms. The summed E-state index contributed by atoms with van der Waals surface area (Å²) in [5.41, 5.74) is 1.99. The predicted octanol–water partition coefficient (Wildman–Crippen LogP) is 1.56. The van der Waals surface area contributed by atoms with E-state index in [2.05, 4.69) is 20.5 Å². The molecule has 0 saturated heterocycles. The van der Waals surface area contributed by atoms with Crippen molar-refractivity contribution in [1.29, 1.82) is 0 Å². The zero-order chi connectivity index (χ0) is 23.0. The molecule has 0 fully saturated rings. The van der Waals surface area contributed by atoms with Crippen molar-refractivity contribution in [1.82, 2.24) is 30.0 Å². The molecule has 4 rings (SSSR count). The Morgan fingerprint density at radius 2 is 1.91 bits per heavy atom. The second-order valence-electron chi connectivity index (χ2n) is 7.98. The first-order valence-corrected chi connectivity index (χ1v) is 11.1. The van der Waals surface area contributed by atoms with E-state index < -0.39 is 0 Å². The molecule has 1 N–H and O–H groups in total. The average Bonchev–Trinajstić information content (AvgIpc) is 3.11. The van der Waals surface area contributed by atoms with Gasteiger partial charge in [-0.2, -0.15) is 0 Å². The molecule has 9 heteroatoms. The molecule has 33 heavy (non-hydrogen) atoms. The van der Waals surface area contributed by atoms with E-state index in [9.17, 15) is 9.59 Å². The van der Waals surface area contributed by atoms with E-state index in [1.54, 1.807) is 19.5 Å². The Kier molecular flexibility index (Phi) is 7.29. The number of aromatic nitrogens is 4. The number of nitrogens with zero attached hydrogens (tertiary/aromatic N) is 5. The van der Waals surface area contributed by atoms with Gasteiger partial charge < -0.3 is 19.5 Å². The lowest BCUT2D eigenvalue weighted by Crippen LogP contribution is -2.35. The van der Waals surface area contributed by atoms with Crippen LogP contribution >= 0.6 is 0 Å². The van der Waals surface area contributed by atoms with Gasteiger partial charge in [0.1, 0.15) is 11.6 Å². The lowest BCUT2D eigenvalue weighted by Gasteiger charge is -2.20. The number of carbonyl (C=O) groups excluding carboxylic acids is 2. The Balaban J connectivity index is 1.28. The van der Waals surface area contributed by atoms with E-state index in [0.29, 0.717) is 57.7 Å². The molecule has 0 atom stereocenters. The normalized spacial score (nSPS) is 13.2. The van der Waals surface area contributed by atoms with Gasteiger partial charge in [-0.25, -0.2) is 0 Å². The molecule has 9 nitrogen and oxygen atoms in total. The van der Waals surface area contributed by atoms with Gasteiger partial charge in [-0.15, -0.1) is 10.2 Å². The summed E-state index contributed by atoms with van der Waals surface area (Å²) in [6.07, 6.45) is 5.51. The summed E-state index contributed by atoms with van der Waals surface area (Å²) in [5.74, 6) is 2.37. The van der Waals surface area contributed by atoms with Crippen LogP contribution in [0.3, 0.4) is 0 Å². The minimum absolute atomic E-state index is 0.0406. The quantitative estimate of drug-likeness (QED) is 0.561. The molecular formula is C24H28N6O3. The minimum atomic E-state index is -0.0406. The maximum absolute atomic E-state index is 12.8. The molecule has 0 unspecified atom stereocenters. The van der Waals surface area contributed by atoms with Gasteiger partial charge in [0, 0.05) is 44.9 Å².